The molecule has 0 aromatic heterocycles. The summed E-state index contributed by atoms with van der Waals surface area (Å²) in [6.45, 7) is -0.0119. The lowest BCUT2D eigenvalue weighted by Crippen LogP contribution is -2.39. The second kappa shape index (κ2) is 10.6. The van der Waals surface area contributed by atoms with Crippen LogP contribution in [-0.4, -0.2) is 25.5 Å². The number of anilines is 1. The number of nitrogens with one attached hydrogen (secondary N) is 3. The maximum Gasteiger partial charge on any atom is 0.255 e. The van der Waals surface area contributed by atoms with E-state index in [0.29, 0.717) is 22.0 Å². The number of amides is 2. The van der Waals surface area contributed by atoms with Crippen LogP contribution in [0.1, 0.15) is 27.5 Å². The molecule has 1 atom stereocenters. The average molecular weight is 439 g/mol. The lowest BCUT2D eigenvalue weighted by molar-refractivity contribution is -0.120. The van der Waals surface area contributed by atoms with Crippen molar-refractivity contribution in [3.63, 3.8) is 0 Å². The predicted octanol–water partition coefficient (Wildman–Crippen LogP) is 3.27. The summed E-state index contributed by atoms with van der Waals surface area (Å²) in [5.41, 5.74) is 4.73. The van der Waals surface area contributed by atoms with Crippen LogP contribution in [-0.2, 0) is 4.79 Å². The highest BCUT2D eigenvalue weighted by Crippen LogP contribution is 2.31. The SMILES string of the molecule is COc1cccc(C(=O)Nc2cc(Cl)ccc2[C@H](NCC(=O)NN)c2ccccc2)c1. The smallest absolute Gasteiger partial charge is 0.255 e. The van der Waals surface area contributed by atoms with Gasteiger partial charge in [0.2, 0.25) is 5.91 Å². The molecule has 7 nitrogen and oxygen atoms in total. The van der Waals surface area contributed by atoms with Crippen molar-refractivity contribution in [2.45, 2.75) is 6.04 Å². The number of ether oxygens (including phenoxy) is 1. The Labute approximate surface area is 185 Å². The van der Waals surface area contributed by atoms with Crippen molar-refractivity contribution in [2.75, 3.05) is 19.0 Å². The molecule has 0 unspecified atom stereocenters. The minimum atomic E-state index is -0.392. The molecule has 0 saturated heterocycles. The molecule has 0 aliphatic heterocycles. The highest BCUT2D eigenvalue weighted by Gasteiger charge is 2.20. The highest BCUT2D eigenvalue weighted by molar-refractivity contribution is 6.31. The van der Waals surface area contributed by atoms with Gasteiger partial charge in [0.25, 0.3) is 5.91 Å². The normalized spacial score (nSPS) is 11.5. The van der Waals surface area contributed by atoms with E-state index in [1.807, 2.05) is 36.4 Å². The van der Waals surface area contributed by atoms with Gasteiger partial charge in [0.15, 0.2) is 0 Å². The fraction of sp³-hybridized carbons (Fsp3) is 0.130. The van der Waals surface area contributed by atoms with Gasteiger partial charge in [0.1, 0.15) is 5.75 Å². The quantitative estimate of drug-likeness (QED) is 0.245. The van der Waals surface area contributed by atoms with Crippen molar-refractivity contribution in [2.24, 2.45) is 5.84 Å². The molecule has 0 spiro atoms. The second-order valence-corrected chi connectivity index (χ2v) is 7.15. The van der Waals surface area contributed by atoms with Crippen LogP contribution in [0.15, 0.2) is 72.8 Å². The zero-order valence-electron chi connectivity index (χ0n) is 16.9. The molecule has 3 aromatic carbocycles. The molecule has 8 heteroatoms. The van der Waals surface area contributed by atoms with E-state index in [9.17, 15) is 9.59 Å². The van der Waals surface area contributed by atoms with E-state index in [4.69, 9.17) is 22.2 Å². The third-order valence-electron chi connectivity index (χ3n) is 4.67. The molecule has 0 bridgehead atoms. The predicted molar refractivity (Wildman–Crippen MR) is 121 cm³/mol. The third kappa shape index (κ3) is 5.82. The molecule has 0 heterocycles. The summed E-state index contributed by atoms with van der Waals surface area (Å²) in [5, 5.41) is 6.58. The first-order valence-corrected chi connectivity index (χ1v) is 9.92. The number of nitrogens with two attached hydrogens (primary N) is 1. The van der Waals surface area contributed by atoms with Gasteiger partial charge in [-0.25, -0.2) is 5.84 Å². The lowest BCUT2D eigenvalue weighted by atomic mass is 9.96. The Morgan fingerprint density at radius 2 is 1.81 bits per heavy atom. The van der Waals surface area contributed by atoms with Crippen LogP contribution in [0.25, 0.3) is 0 Å². The van der Waals surface area contributed by atoms with Crippen molar-refractivity contribution < 1.29 is 14.3 Å². The monoisotopic (exact) mass is 438 g/mol. The molecule has 0 radical (unpaired) electrons. The van der Waals surface area contributed by atoms with Gasteiger partial charge >= 0.3 is 0 Å². The number of hydrogen-bond acceptors (Lipinski definition) is 5. The Balaban J connectivity index is 1.96. The van der Waals surface area contributed by atoms with Gasteiger partial charge in [-0.15, -0.1) is 0 Å². The molecule has 0 saturated carbocycles. The first-order chi connectivity index (χ1) is 15.0. The Hall–Kier alpha value is -3.39. The van der Waals surface area contributed by atoms with Gasteiger partial charge in [-0.05, 0) is 41.5 Å². The fourth-order valence-corrected chi connectivity index (χ4v) is 3.32. The van der Waals surface area contributed by atoms with Crippen molar-refractivity contribution in [3.8, 4) is 5.75 Å². The summed E-state index contributed by atoms with van der Waals surface area (Å²) in [5.74, 6) is 5.12. The third-order valence-corrected chi connectivity index (χ3v) is 4.90. The van der Waals surface area contributed by atoms with E-state index in [-0.39, 0.29) is 18.4 Å². The van der Waals surface area contributed by atoms with Crippen LogP contribution >= 0.6 is 11.6 Å². The van der Waals surface area contributed by atoms with E-state index < -0.39 is 6.04 Å². The molecule has 5 N–H and O–H groups in total. The number of hydrazine groups is 1. The molecule has 160 valence electrons. The molecule has 3 aromatic rings. The van der Waals surface area contributed by atoms with Crippen molar-refractivity contribution >= 4 is 29.1 Å². The van der Waals surface area contributed by atoms with Crippen LogP contribution in [0.3, 0.4) is 0 Å². The molecule has 2 amide bonds. The maximum atomic E-state index is 12.9. The fourth-order valence-electron chi connectivity index (χ4n) is 3.15. The van der Waals surface area contributed by atoms with E-state index in [2.05, 4.69) is 16.1 Å². The van der Waals surface area contributed by atoms with Crippen LogP contribution in [0.5, 0.6) is 5.75 Å². The Bertz CT molecular complexity index is 1060. The summed E-state index contributed by atoms with van der Waals surface area (Å²) in [7, 11) is 1.54. The van der Waals surface area contributed by atoms with Gasteiger partial charge in [0, 0.05) is 16.3 Å². The first-order valence-electron chi connectivity index (χ1n) is 9.54. The highest BCUT2D eigenvalue weighted by atomic mass is 35.5. The topological polar surface area (TPSA) is 105 Å². The number of methoxy groups -OCH3 is 1. The molecule has 0 aliphatic carbocycles. The van der Waals surface area contributed by atoms with Crippen LogP contribution in [0.2, 0.25) is 5.02 Å². The summed E-state index contributed by atoms with van der Waals surface area (Å²) in [6, 6.07) is 21.2. The van der Waals surface area contributed by atoms with Gasteiger partial charge in [-0.2, -0.15) is 0 Å². The standard InChI is InChI=1S/C23H23ClN4O3/c1-31-18-9-5-8-16(12-18)23(30)27-20-13-17(24)10-11-19(20)22(26-14-21(29)28-25)15-6-3-2-4-7-15/h2-13,22,26H,14,25H2,1H3,(H,27,30)(H,28,29)/t22-/m1/s1. The molecule has 0 fully saturated rings. The number of rotatable bonds is 8. The zero-order chi connectivity index (χ0) is 22.2. The van der Waals surface area contributed by atoms with Crippen molar-refractivity contribution in [1.82, 2.24) is 10.7 Å². The first kappa shape index (κ1) is 22.3. The molecule has 31 heavy (non-hydrogen) atoms. The molecule has 3 rings (SSSR count). The summed E-state index contributed by atoms with van der Waals surface area (Å²) < 4.78 is 5.20. The van der Waals surface area contributed by atoms with Crippen molar-refractivity contribution in [3.05, 3.63) is 94.5 Å². The minimum absolute atomic E-state index is 0.0119. The van der Waals surface area contributed by atoms with Gasteiger partial charge in [-0.1, -0.05) is 54.1 Å². The summed E-state index contributed by atoms with van der Waals surface area (Å²) >= 11 is 6.22. The van der Waals surface area contributed by atoms with Crippen LogP contribution in [0.4, 0.5) is 5.69 Å². The minimum Gasteiger partial charge on any atom is -0.497 e. The zero-order valence-corrected chi connectivity index (χ0v) is 17.6. The van der Waals surface area contributed by atoms with Gasteiger partial charge < -0.3 is 10.1 Å². The molecule has 0 aliphatic rings. The van der Waals surface area contributed by atoms with E-state index in [1.54, 1.807) is 43.5 Å². The number of hydrogen-bond donors (Lipinski definition) is 4. The van der Waals surface area contributed by atoms with Crippen LogP contribution < -0.4 is 26.6 Å². The van der Waals surface area contributed by atoms with E-state index in [0.717, 1.165) is 11.1 Å². The average Bonchev–Trinajstić information content (AvgIpc) is 2.80. The Morgan fingerprint density at radius 1 is 1.03 bits per heavy atom. The lowest BCUT2D eigenvalue weighted by Gasteiger charge is -2.23. The number of carbonyl (C=O) groups excluding carboxylic acids is 2. The largest absolute Gasteiger partial charge is 0.497 e. The number of halogens is 1. The van der Waals surface area contributed by atoms with Gasteiger partial charge in [-0.3, -0.25) is 20.3 Å². The number of benzene rings is 3. The summed E-state index contributed by atoms with van der Waals surface area (Å²) in [4.78, 5) is 24.6. The van der Waals surface area contributed by atoms with Gasteiger partial charge in [0.05, 0.1) is 19.7 Å². The van der Waals surface area contributed by atoms with Crippen LogP contribution in [0, 0.1) is 0 Å². The maximum absolute atomic E-state index is 12.9. The van der Waals surface area contributed by atoms with E-state index in [1.165, 1.54) is 0 Å². The Kier molecular flexibility index (Phi) is 7.61. The van der Waals surface area contributed by atoms with Crippen molar-refractivity contribution in [1.29, 1.82) is 0 Å². The van der Waals surface area contributed by atoms with E-state index >= 15 is 0 Å². The number of carbonyl (C=O) groups is 2. The summed E-state index contributed by atoms with van der Waals surface area (Å²) in [6.07, 6.45) is 0. The molecular formula is C23H23ClN4O3. The second-order valence-electron chi connectivity index (χ2n) is 6.71. The molecular weight excluding hydrogens is 416 g/mol. The Morgan fingerprint density at radius 3 is 2.52 bits per heavy atom.